The molecular formula is C22H40N6O6. The summed E-state index contributed by atoms with van der Waals surface area (Å²) in [5.74, 6) is -3.36. The van der Waals surface area contributed by atoms with Gasteiger partial charge in [-0.25, -0.2) is 4.79 Å². The number of rotatable bonds is 15. The molecule has 0 aromatic heterocycles. The van der Waals surface area contributed by atoms with Gasteiger partial charge in [0.15, 0.2) is 0 Å². The van der Waals surface area contributed by atoms with Crippen LogP contribution >= 0.6 is 0 Å². The van der Waals surface area contributed by atoms with Crippen LogP contribution in [0.5, 0.6) is 0 Å². The first-order chi connectivity index (χ1) is 16.0. The van der Waals surface area contributed by atoms with Crippen LogP contribution in [0.2, 0.25) is 0 Å². The van der Waals surface area contributed by atoms with Crippen LogP contribution in [0.3, 0.4) is 0 Å². The van der Waals surface area contributed by atoms with Crippen molar-refractivity contribution in [1.29, 1.82) is 0 Å². The second kappa shape index (κ2) is 14.5. The number of aliphatic carboxylic acids is 1. The lowest BCUT2D eigenvalue weighted by Crippen LogP contribution is -2.57. The number of nitrogens with zero attached hydrogens (tertiary/aromatic N) is 1. The molecular weight excluding hydrogens is 444 g/mol. The van der Waals surface area contributed by atoms with Gasteiger partial charge in [-0.05, 0) is 51.0 Å². The number of hydrogen-bond acceptors (Lipinski definition) is 7. The van der Waals surface area contributed by atoms with Crippen molar-refractivity contribution in [2.45, 2.75) is 89.4 Å². The Bertz CT molecular complexity index is 731. The third-order valence-corrected chi connectivity index (χ3v) is 5.76. The van der Waals surface area contributed by atoms with E-state index in [0.717, 1.165) is 0 Å². The Morgan fingerprint density at radius 1 is 1.06 bits per heavy atom. The molecule has 0 bridgehead atoms. The van der Waals surface area contributed by atoms with Crippen molar-refractivity contribution in [2.24, 2.45) is 23.1 Å². The minimum absolute atomic E-state index is 0.0363. The number of carboxylic acids is 1. The number of primary amides is 1. The fraction of sp³-hybridized carbons (Fsp3) is 0.773. The van der Waals surface area contributed by atoms with Crippen molar-refractivity contribution < 1.29 is 29.1 Å². The highest BCUT2D eigenvalue weighted by Crippen LogP contribution is 2.20. The molecule has 12 heteroatoms. The lowest BCUT2D eigenvalue weighted by Gasteiger charge is -2.30. The zero-order valence-corrected chi connectivity index (χ0v) is 20.1. The Kier molecular flexibility index (Phi) is 12.5. The summed E-state index contributed by atoms with van der Waals surface area (Å²) >= 11 is 0. The summed E-state index contributed by atoms with van der Waals surface area (Å²) in [5.41, 5.74) is 16.6. The van der Waals surface area contributed by atoms with Gasteiger partial charge < -0.3 is 37.8 Å². The molecule has 0 aromatic rings. The maximum Gasteiger partial charge on any atom is 0.326 e. The standard InChI is InChI=1S/C22H40N6O6/c1-13(2)12-16(22(33)34)27-20(31)17-7-5-11-28(17)21(32)15(8-9-18(25)29)26-19(30)14(24)6-3-4-10-23/h13-17H,3-12,23-24H2,1-2H3,(H2,25,29)(H,26,30)(H,27,31)(H,33,34). The molecule has 9 N–H and O–H groups in total. The van der Waals surface area contributed by atoms with Crippen LogP contribution in [0.25, 0.3) is 0 Å². The van der Waals surface area contributed by atoms with Crippen LogP contribution in [-0.4, -0.2) is 76.9 Å². The van der Waals surface area contributed by atoms with E-state index in [1.807, 2.05) is 13.8 Å². The quantitative estimate of drug-likeness (QED) is 0.155. The van der Waals surface area contributed by atoms with Crippen LogP contribution in [0.4, 0.5) is 0 Å². The molecule has 4 amide bonds. The van der Waals surface area contributed by atoms with Gasteiger partial charge in [0.05, 0.1) is 6.04 Å². The summed E-state index contributed by atoms with van der Waals surface area (Å²) in [7, 11) is 0. The van der Waals surface area contributed by atoms with Gasteiger partial charge in [-0.1, -0.05) is 20.3 Å². The summed E-state index contributed by atoms with van der Waals surface area (Å²) in [6, 6.07) is -3.87. The number of nitrogens with one attached hydrogen (secondary N) is 2. The van der Waals surface area contributed by atoms with Crippen molar-refractivity contribution in [3.8, 4) is 0 Å². The van der Waals surface area contributed by atoms with Gasteiger partial charge in [0, 0.05) is 13.0 Å². The third-order valence-electron chi connectivity index (χ3n) is 5.76. The van der Waals surface area contributed by atoms with Crippen molar-refractivity contribution >= 4 is 29.6 Å². The largest absolute Gasteiger partial charge is 0.480 e. The highest BCUT2D eigenvalue weighted by molar-refractivity contribution is 5.94. The first-order valence-corrected chi connectivity index (χ1v) is 11.9. The number of unbranched alkanes of at least 4 members (excludes halogenated alkanes) is 1. The van der Waals surface area contributed by atoms with E-state index in [9.17, 15) is 29.1 Å². The molecule has 4 unspecified atom stereocenters. The smallest absolute Gasteiger partial charge is 0.326 e. The summed E-state index contributed by atoms with van der Waals surface area (Å²) in [4.78, 5) is 62.9. The van der Waals surface area contributed by atoms with Crippen LogP contribution in [0, 0.1) is 5.92 Å². The molecule has 0 aromatic carbocycles. The first kappa shape index (κ1) is 29.3. The zero-order chi connectivity index (χ0) is 25.8. The normalized spacial score (nSPS) is 18.3. The van der Waals surface area contributed by atoms with E-state index >= 15 is 0 Å². The van der Waals surface area contributed by atoms with Gasteiger partial charge >= 0.3 is 5.97 Å². The van der Waals surface area contributed by atoms with Gasteiger partial charge in [0.1, 0.15) is 18.1 Å². The second-order valence-corrected chi connectivity index (χ2v) is 9.18. The van der Waals surface area contributed by atoms with Crippen molar-refractivity contribution in [2.75, 3.05) is 13.1 Å². The van der Waals surface area contributed by atoms with E-state index in [1.54, 1.807) is 0 Å². The summed E-state index contributed by atoms with van der Waals surface area (Å²) in [5, 5.41) is 14.6. The van der Waals surface area contributed by atoms with Crippen LogP contribution < -0.4 is 27.8 Å². The van der Waals surface area contributed by atoms with E-state index < -0.39 is 53.8 Å². The van der Waals surface area contributed by atoms with Crippen LogP contribution in [0.1, 0.15) is 65.2 Å². The topological polar surface area (TPSA) is 211 Å². The predicted molar refractivity (Wildman–Crippen MR) is 125 cm³/mol. The highest BCUT2D eigenvalue weighted by atomic mass is 16.4. The number of carbonyl (C=O) groups excluding carboxylic acids is 4. The molecule has 0 radical (unpaired) electrons. The van der Waals surface area contributed by atoms with Gasteiger partial charge in [-0.2, -0.15) is 0 Å². The number of carboxylic acid groups (broad SMARTS) is 1. The number of carbonyl (C=O) groups is 5. The Balaban J connectivity index is 2.93. The van der Waals surface area contributed by atoms with Crippen LogP contribution in [-0.2, 0) is 24.0 Å². The molecule has 1 aliphatic rings. The molecule has 194 valence electrons. The fourth-order valence-corrected chi connectivity index (χ4v) is 3.93. The predicted octanol–water partition coefficient (Wildman–Crippen LogP) is -1.20. The Morgan fingerprint density at radius 3 is 2.29 bits per heavy atom. The number of hydrogen-bond donors (Lipinski definition) is 6. The third kappa shape index (κ3) is 9.64. The van der Waals surface area contributed by atoms with E-state index in [1.165, 1.54) is 4.90 Å². The summed E-state index contributed by atoms with van der Waals surface area (Å²) in [6.07, 6.45) is 2.73. The average molecular weight is 485 g/mol. The number of amides is 4. The van der Waals surface area contributed by atoms with Crippen molar-refractivity contribution in [1.82, 2.24) is 15.5 Å². The Labute approximate surface area is 200 Å². The van der Waals surface area contributed by atoms with Gasteiger partial charge in [-0.3, -0.25) is 19.2 Å². The summed E-state index contributed by atoms with van der Waals surface area (Å²) in [6.45, 7) is 4.44. The van der Waals surface area contributed by atoms with E-state index in [0.29, 0.717) is 38.6 Å². The average Bonchev–Trinajstić information content (AvgIpc) is 3.25. The van der Waals surface area contributed by atoms with E-state index in [4.69, 9.17) is 17.2 Å². The maximum absolute atomic E-state index is 13.3. The molecule has 0 saturated carbocycles. The summed E-state index contributed by atoms with van der Waals surface area (Å²) < 4.78 is 0. The number of likely N-dealkylation sites (tertiary alicyclic amines) is 1. The van der Waals surface area contributed by atoms with Gasteiger partial charge in [0.25, 0.3) is 0 Å². The Morgan fingerprint density at radius 2 is 1.74 bits per heavy atom. The molecule has 1 heterocycles. The van der Waals surface area contributed by atoms with Crippen LogP contribution in [0.15, 0.2) is 0 Å². The SMILES string of the molecule is CC(C)CC(NC(=O)C1CCCN1C(=O)C(CCC(N)=O)NC(=O)C(N)CCCCN)C(=O)O. The highest BCUT2D eigenvalue weighted by Gasteiger charge is 2.39. The maximum atomic E-state index is 13.3. The molecule has 34 heavy (non-hydrogen) atoms. The number of nitrogens with two attached hydrogens (primary N) is 3. The molecule has 4 atom stereocenters. The van der Waals surface area contributed by atoms with Gasteiger partial charge in [-0.15, -0.1) is 0 Å². The van der Waals surface area contributed by atoms with Crippen molar-refractivity contribution in [3.63, 3.8) is 0 Å². The zero-order valence-electron chi connectivity index (χ0n) is 20.1. The fourth-order valence-electron chi connectivity index (χ4n) is 3.93. The van der Waals surface area contributed by atoms with E-state index in [-0.39, 0.29) is 31.7 Å². The molecule has 12 nitrogen and oxygen atoms in total. The lowest BCUT2D eigenvalue weighted by molar-refractivity contribution is -0.145. The first-order valence-electron chi connectivity index (χ1n) is 11.9. The molecule has 0 aliphatic carbocycles. The second-order valence-electron chi connectivity index (χ2n) is 9.18. The molecule has 1 saturated heterocycles. The molecule has 1 aliphatic heterocycles. The molecule has 1 rings (SSSR count). The monoisotopic (exact) mass is 484 g/mol. The minimum atomic E-state index is -1.15. The van der Waals surface area contributed by atoms with Crippen molar-refractivity contribution in [3.05, 3.63) is 0 Å². The molecule has 1 fully saturated rings. The molecule has 0 spiro atoms. The van der Waals surface area contributed by atoms with Gasteiger partial charge in [0.2, 0.25) is 23.6 Å². The lowest BCUT2D eigenvalue weighted by atomic mass is 10.0. The minimum Gasteiger partial charge on any atom is -0.480 e. The Hall–Kier alpha value is -2.73. The van der Waals surface area contributed by atoms with E-state index in [2.05, 4.69) is 10.6 Å².